The monoisotopic (exact) mass is 448 g/mol. The second kappa shape index (κ2) is 8.32. The molecule has 0 saturated carbocycles. The first-order valence-electron chi connectivity index (χ1n) is 10.4. The summed E-state index contributed by atoms with van der Waals surface area (Å²) in [5.41, 5.74) is 5.06. The van der Waals surface area contributed by atoms with Crippen LogP contribution in [-0.4, -0.2) is 16.5 Å². The molecular formula is C26H25ClN2O3. The minimum Gasteiger partial charge on any atom is -0.478 e. The van der Waals surface area contributed by atoms with Gasteiger partial charge in [0.25, 0.3) is 5.91 Å². The molecule has 0 fully saturated rings. The molecule has 0 saturated heterocycles. The molecule has 0 aliphatic heterocycles. The lowest BCUT2D eigenvalue weighted by molar-refractivity contribution is -0.128. The number of oxazole rings is 1. The SMILES string of the molecule is Cc1cc(C)c2oc(-c3ccc(C)c(NC(=O)C(C)(C)Oc4ccc(Cl)cc4)c3)nc2c1. The van der Waals surface area contributed by atoms with Gasteiger partial charge < -0.3 is 14.5 Å². The molecule has 0 spiro atoms. The van der Waals surface area contributed by atoms with Gasteiger partial charge in [-0.05, 0) is 93.8 Å². The van der Waals surface area contributed by atoms with Crippen molar-refractivity contribution in [2.75, 3.05) is 5.32 Å². The van der Waals surface area contributed by atoms with Crippen molar-refractivity contribution in [1.29, 1.82) is 0 Å². The number of carbonyl (C=O) groups is 1. The summed E-state index contributed by atoms with van der Waals surface area (Å²) in [5.74, 6) is 0.815. The Morgan fingerprint density at radius 3 is 2.44 bits per heavy atom. The number of anilines is 1. The van der Waals surface area contributed by atoms with Gasteiger partial charge in [-0.1, -0.05) is 23.7 Å². The Hall–Kier alpha value is -3.31. The van der Waals surface area contributed by atoms with E-state index < -0.39 is 5.60 Å². The molecular weight excluding hydrogens is 424 g/mol. The van der Waals surface area contributed by atoms with Crippen molar-refractivity contribution >= 4 is 34.3 Å². The van der Waals surface area contributed by atoms with Gasteiger partial charge in [-0.15, -0.1) is 0 Å². The predicted octanol–water partition coefficient (Wildman–Crippen LogP) is 6.87. The maximum absolute atomic E-state index is 13.0. The molecule has 32 heavy (non-hydrogen) atoms. The number of ether oxygens (including phenoxy) is 1. The molecule has 6 heteroatoms. The van der Waals surface area contributed by atoms with E-state index in [9.17, 15) is 4.79 Å². The number of hydrogen-bond acceptors (Lipinski definition) is 4. The van der Waals surface area contributed by atoms with E-state index in [0.29, 0.717) is 22.4 Å². The summed E-state index contributed by atoms with van der Waals surface area (Å²) >= 11 is 5.93. The molecule has 164 valence electrons. The van der Waals surface area contributed by atoms with Crippen molar-refractivity contribution in [1.82, 2.24) is 4.98 Å². The van der Waals surface area contributed by atoms with Crippen molar-refractivity contribution in [3.63, 3.8) is 0 Å². The number of fused-ring (bicyclic) bond motifs is 1. The van der Waals surface area contributed by atoms with Crippen molar-refractivity contribution < 1.29 is 13.9 Å². The highest BCUT2D eigenvalue weighted by Crippen LogP contribution is 2.30. The lowest BCUT2D eigenvalue weighted by atomic mass is 10.1. The number of nitrogens with zero attached hydrogens (tertiary/aromatic N) is 1. The second-order valence-corrected chi connectivity index (χ2v) is 8.94. The fourth-order valence-corrected chi connectivity index (χ4v) is 3.63. The predicted molar refractivity (Wildman–Crippen MR) is 128 cm³/mol. The average molecular weight is 449 g/mol. The molecule has 4 rings (SSSR count). The van der Waals surface area contributed by atoms with Gasteiger partial charge in [-0.2, -0.15) is 0 Å². The van der Waals surface area contributed by atoms with E-state index in [-0.39, 0.29) is 5.91 Å². The van der Waals surface area contributed by atoms with Gasteiger partial charge >= 0.3 is 0 Å². The van der Waals surface area contributed by atoms with Crippen LogP contribution in [0.3, 0.4) is 0 Å². The average Bonchev–Trinajstić information content (AvgIpc) is 3.15. The third-order valence-electron chi connectivity index (χ3n) is 5.29. The van der Waals surface area contributed by atoms with Crippen molar-refractivity contribution in [2.45, 2.75) is 40.2 Å². The third-order valence-corrected chi connectivity index (χ3v) is 5.54. The highest BCUT2D eigenvalue weighted by atomic mass is 35.5. The Labute approximate surface area is 192 Å². The fourth-order valence-electron chi connectivity index (χ4n) is 3.51. The standard InChI is InChI=1S/C26H25ClN2O3/c1-15-12-17(3)23-22(13-15)28-24(31-23)18-7-6-16(2)21(14-18)29-25(30)26(4,5)32-20-10-8-19(27)9-11-20/h6-14H,1-5H3,(H,29,30). The first-order valence-corrected chi connectivity index (χ1v) is 10.7. The van der Waals surface area contributed by atoms with Crippen LogP contribution in [0.5, 0.6) is 5.75 Å². The summed E-state index contributed by atoms with van der Waals surface area (Å²) in [6, 6.07) is 16.7. The minimum absolute atomic E-state index is 0.267. The molecule has 1 amide bonds. The molecule has 0 aliphatic rings. The molecule has 0 bridgehead atoms. The van der Waals surface area contributed by atoms with E-state index in [4.69, 9.17) is 20.8 Å². The Balaban J connectivity index is 1.59. The minimum atomic E-state index is -1.09. The number of rotatable bonds is 5. The van der Waals surface area contributed by atoms with Crippen LogP contribution in [-0.2, 0) is 4.79 Å². The van der Waals surface area contributed by atoms with Gasteiger partial charge in [-0.3, -0.25) is 4.79 Å². The van der Waals surface area contributed by atoms with Crippen molar-refractivity contribution in [3.8, 4) is 17.2 Å². The molecule has 0 aliphatic carbocycles. The summed E-state index contributed by atoms with van der Waals surface area (Å²) in [4.78, 5) is 17.7. The van der Waals surface area contributed by atoms with E-state index in [1.54, 1.807) is 38.1 Å². The van der Waals surface area contributed by atoms with Crippen LogP contribution in [0.2, 0.25) is 5.02 Å². The Morgan fingerprint density at radius 1 is 1.00 bits per heavy atom. The quantitative estimate of drug-likeness (QED) is 0.361. The zero-order valence-electron chi connectivity index (χ0n) is 18.7. The first-order chi connectivity index (χ1) is 15.1. The Kier molecular flexibility index (Phi) is 5.70. The molecule has 0 radical (unpaired) electrons. The van der Waals surface area contributed by atoms with Gasteiger partial charge in [-0.25, -0.2) is 4.98 Å². The topological polar surface area (TPSA) is 64.4 Å². The van der Waals surface area contributed by atoms with Crippen LogP contribution in [0.15, 0.2) is 59.0 Å². The number of amides is 1. The maximum atomic E-state index is 13.0. The van der Waals surface area contributed by atoms with Crippen LogP contribution in [0, 0.1) is 20.8 Å². The molecule has 1 N–H and O–H groups in total. The summed E-state index contributed by atoms with van der Waals surface area (Å²) in [7, 11) is 0. The van der Waals surface area contributed by atoms with Crippen LogP contribution >= 0.6 is 11.6 Å². The smallest absolute Gasteiger partial charge is 0.267 e. The van der Waals surface area contributed by atoms with E-state index in [0.717, 1.165) is 33.4 Å². The number of carbonyl (C=O) groups excluding carboxylic acids is 1. The fraction of sp³-hybridized carbons (Fsp3) is 0.231. The molecule has 1 aromatic heterocycles. The molecule has 0 unspecified atom stereocenters. The van der Waals surface area contributed by atoms with Crippen molar-refractivity contribution in [3.05, 3.63) is 76.3 Å². The Bertz CT molecular complexity index is 1310. The summed E-state index contributed by atoms with van der Waals surface area (Å²) in [5, 5.41) is 3.60. The second-order valence-electron chi connectivity index (χ2n) is 8.50. The summed E-state index contributed by atoms with van der Waals surface area (Å²) < 4.78 is 11.9. The van der Waals surface area contributed by atoms with Crippen LogP contribution in [0.1, 0.15) is 30.5 Å². The van der Waals surface area contributed by atoms with Crippen LogP contribution < -0.4 is 10.1 Å². The highest BCUT2D eigenvalue weighted by Gasteiger charge is 2.30. The van der Waals surface area contributed by atoms with Gasteiger partial charge in [0, 0.05) is 16.3 Å². The largest absolute Gasteiger partial charge is 0.478 e. The van der Waals surface area contributed by atoms with E-state index in [2.05, 4.69) is 16.4 Å². The first kappa shape index (κ1) is 21.9. The zero-order chi connectivity index (χ0) is 23.0. The summed E-state index contributed by atoms with van der Waals surface area (Å²) in [6.07, 6.45) is 0. The van der Waals surface area contributed by atoms with E-state index in [1.165, 1.54) is 0 Å². The van der Waals surface area contributed by atoms with Gasteiger partial charge in [0.05, 0.1) is 0 Å². The van der Waals surface area contributed by atoms with Crippen molar-refractivity contribution in [2.24, 2.45) is 0 Å². The number of halogens is 1. The number of nitrogens with one attached hydrogen (secondary N) is 1. The zero-order valence-corrected chi connectivity index (χ0v) is 19.5. The Morgan fingerprint density at radius 2 is 1.72 bits per heavy atom. The third kappa shape index (κ3) is 4.48. The van der Waals surface area contributed by atoms with Gasteiger partial charge in [0.2, 0.25) is 5.89 Å². The van der Waals surface area contributed by atoms with Gasteiger partial charge in [0.1, 0.15) is 11.3 Å². The molecule has 3 aromatic carbocycles. The van der Waals surface area contributed by atoms with Crippen LogP contribution in [0.25, 0.3) is 22.6 Å². The molecule has 4 aromatic rings. The molecule has 5 nitrogen and oxygen atoms in total. The normalized spacial score (nSPS) is 11.6. The lowest BCUT2D eigenvalue weighted by Gasteiger charge is -2.26. The van der Waals surface area contributed by atoms with E-state index >= 15 is 0 Å². The number of hydrogen-bond donors (Lipinski definition) is 1. The number of aryl methyl sites for hydroxylation is 3. The van der Waals surface area contributed by atoms with Crippen LogP contribution in [0.4, 0.5) is 5.69 Å². The van der Waals surface area contributed by atoms with E-state index in [1.807, 2.05) is 45.0 Å². The maximum Gasteiger partial charge on any atom is 0.267 e. The summed E-state index contributed by atoms with van der Waals surface area (Å²) in [6.45, 7) is 9.43. The molecule has 1 heterocycles. The number of aromatic nitrogens is 1. The van der Waals surface area contributed by atoms with Gasteiger partial charge in [0.15, 0.2) is 11.2 Å². The lowest BCUT2D eigenvalue weighted by Crippen LogP contribution is -2.42. The molecule has 0 atom stereocenters. The number of benzene rings is 3. The highest BCUT2D eigenvalue weighted by molar-refractivity contribution is 6.30.